The number of benzene rings is 1. The van der Waals surface area contributed by atoms with Gasteiger partial charge in [0.1, 0.15) is 5.01 Å². The van der Waals surface area contributed by atoms with Gasteiger partial charge in [-0.15, -0.1) is 10.2 Å². The predicted octanol–water partition coefficient (Wildman–Crippen LogP) is 1.83. The second kappa shape index (κ2) is 4.95. The van der Waals surface area contributed by atoms with E-state index in [0.717, 1.165) is 11.3 Å². The Kier molecular flexibility index (Phi) is 3.50. The Hall–Kier alpha value is -1.98. The minimum absolute atomic E-state index is 0.0689. The highest BCUT2D eigenvalue weighted by Crippen LogP contribution is 2.22. The highest BCUT2D eigenvalue weighted by atomic mass is 32.2. The zero-order valence-electron chi connectivity index (χ0n) is 10.2. The molecule has 2 rings (SSSR count). The van der Waals surface area contributed by atoms with E-state index < -0.39 is 10.0 Å². The molecule has 6 nitrogen and oxygen atoms in total. The Labute approximate surface area is 114 Å². The van der Waals surface area contributed by atoms with E-state index in [-0.39, 0.29) is 10.0 Å². The highest BCUT2D eigenvalue weighted by Gasteiger charge is 2.19. The first kappa shape index (κ1) is 13.5. The van der Waals surface area contributed by atoms with E-state index in [0.29, 0.717) is 16.1 Å². The van der Waals surface area contributed by atoms with Crippen molar-refractivity contribution in [2.75, 3.05) is 4.72 Å². The van der Waals surface area contributed by atoms with E-state index in [1.807, 2.05) is 6.07 Å². The fraction of sp³-hybridized carbons (Fsp3) is 0.182. The maximum atomic E-state index is 12.2. The largest absolute Gasteiger partial charge is 0.264 e. The van der Waals surface area contributed by atoms with Crippen molar-refractivity contribution in [3.63, 3.8) is 0 Å². The summed E-state index contributed by atoms with van der Waals surface area (Å²) >= 11 is 1.15. The monoisotopic (exact) mass is 294 g/mol. The molecule has 0 unspecified atom stereocenters. The molecule has 0 aliphatic rings. The summed E-state index contributed by atoms with van der Waals surface area (Å²) in [5, 5.41) is 17.2. The van der Waals surface area contributed by atoms with Crippen molar-refractivity contribution in [3.8, 4) is 6.07 Å². The molecule has 1 heterocycles. The average Bonchev–Trinajstić information content (AvgIpc) is 2.74. The van der Waals surface area contributed by atoms with Crippen LogP contribution >= 0.6 is 11.3 Å². The molecule has 98 valence electrons. The topological polar surface area (TPSA) is 95.7 Å². The Morgan fingerprint density at radius 1 is 1.32 bits per heavy atom. The Bertz CT molecular complexity index is 759. The first-order valence-electron chi connectivity index (χ1n) is 5.26. The number of aromatic nitrogens is 2. The molecule has 0 atom stereocenters. The van der Waals surface area contributed by atoms with Gasteiger partial charge in [-0.3, -0.25) is 4.72 Å². The Morgan fingerprint density at radius 3 is 2.63 bits per heavy atom. The summed E-state index contributed by atoms with van der Waals surface area (Å²) in [6.07, 6.45) is 0. The Balaban J connectivity index is 2.42. The number of aryl methyl sites for hydroxylation is 2. The third-order valence-electron chi connectivity index (χ3n) is 2.35. The van der Waals surface area contributed by atoms with E-state index in [9.17, 15) is 8.42 Å². The number of nitriles is 1. The van der Waals surface area contributed by atoms with Gasteiger partial charge < -0.3 is 0 Å². The fourth-order valence-corrected chi connectivity index (χ4v) is 3.56. The van der Waals surface area contributed by atoms with E-state index in [4.69, 9.17) is 5.26 Å². The van der Waals surface area contributed by atoms with Crippen LogP contribution in [0.5, 0.6) is 0 Å². The molecule has 1 N–H and O–H groups in total. The van der Waals surface area contributed by atoms with Gasteiger partial charge in [0, 0.05) is 0 Å². The number of hydrogen-bond acceptors (Lipinski definition) is 6. The molecule has 0 radical (unpaired) electrons. The molecule has 0 saturated heterocycles. The van der Waals surface area contributed by atoms with Crippen LogP contribution in [0.15, 0.2) is 23.1 Å². The van der Waals surface area contributed by atoms with E-state index >= 15 is 0 Å². The second-order valence-corrected chi connectivity index (χ2v) is 6.66. The molecule has 1 aromatic carbocycles. The van der Waals surface area contributed by atoms with Crippen LogP contribution in [0.4, 0.5) is 5.13 Å². The van der Waals surface area contributed by atoms with Gasteiger partial charge in [0.25, 0.3) is 10.0 Å². The summed E-state index contributed by atoms with van der Waals surface area (Å²) in [7, 11) is -3.76. The van der Waals surface area contributed by atoms with Crippen LogP contribution < -0.4 is 4.72 Å². The third-order valence-corrected chi connectivity index (χ3v) is 4.72. The minimum Gasteiger partial charge on any atom is -0.253 e. The fourth-order valence-electron chi connectivity index (χ4n) is 1.47. The van der Waals surface area contributed by atoms with Crippen molar-refractivity contribution in [1.29, 1.82) is 5.26 Å². The molecule has 0 fully saturated rings. The molecule has 8 heteroatoms. The molecule has 1 aromatic heterocycles. The summed E-state index contributed by atoms with van der Waals surface area (Å²) in [4.78, 5) is 0.0689. The van der Waals surface area contributed by atoms with Crippen LogP contribution in [0.2, 0.25) is 0 Å². The van der Waals surface area contributed by atoms with Gasteiger partial charge in [-0.1, -0.05) is 17.4 Å². The van der Waals surface area contributed by atoms with Crippen molar-refractivity contribution in [2.45, 2.75) is 18.7 Å². The minimum atomic E-state index is -3.76. The molecule has 0 saturated carbocycles. The number of hydrogen-bond donors (Lipinski definition) is 1. The first-order valence-corrected chi connectivity index (χ1v) is 7.56. The normalized spacial score (nSPS) is 11.0. The van der Waals surface area contributed by atoms with E-state index in [1.165, 1.54) is 6.07 Å². The first-order chi connectivity index (χ1) is 8.92. The zero-order chi connectivity index (χ0) is 14.0. The SMILES string of the molecule is Cc1nnc(NS(=O)(=O)c2cc(C#N)ccc2C)s1. The maximum Gasteiger partial charge on any atom is 0.264 e. The number of rotatable bonds is 3. The maximum absolute atomic E-state index is 12.2. The van der Waals surface area contributed by atoms with Gasteiger partial charge in [-0.05, 0) is 31.5 Å². The van der Waals surface area contributed by atoms with E-state index in [2.05, 4.69) is 14.9 Å². The van der Waals surface area contributed by atoms with Crippen molar-refractivity contribution >= 4 is 26.5 Å². The molecule has 0 spiro atoms. The molecule has 0 aliphatic carbocycles. The quantitative estimate of drug-likeness (QED) is 0.931. The summed E-state index contributed by atoms with van der Waals surface area (Å²) in [5.74, 6) is 0. The molecule has 2 aromatic rings. The average molecular weight is 294 g/mol. The van der Waals surface area contributed by atoms with Gasteiger partial charge in [0.15, 0.2) is 0 Å². The lowest BCUT2D eigenvalue weighted by Gasteiger charge is -2.07. The second-order valence-electron chi connectivity index (χ2n) is 3.82. The van der Waals surface area contributed by atoms with Crippen LogP contribution in [-0.2, 0) is 10.0 Å². The number of nitrogens with zero attached hydrogens (tertiary/aromatic N) is 3. The molecular weight excluding hydrogens is 284 g/mol. The van der Waals surface area contributed by atoms with Crippen LogP contribution in [0.1, 0.15) is 16.1 Å². The standard InChI is InChI=1S/C11H10N4O2S2/c1-7-3-4-9(6-12)5-10(7)19(16,17)15-11-14-13-8(2)18-11/h3-5H,1-2H3,(H,14,15). The summed E-state index contributed by atoms with van der Waals surface area (Å²) < 4.78 is 26.8. The van der Waals surface area contributed by atoms with Crippen LogP contribution in [0.25, 0.3) is 0 Å². The zero-order valence-corrected chi connectivity index (χ0v) is 11.8. The van der Waals surface area contributed by atoms with Crippen molar-refractivity contribution in [2.24, 2.45) is 0 Å². The van der Waals surface area contributed by atoms with E-state index in [1.54, 1.807) is 26.0 Å². The molecule has 19 heavy (non-hydrogen) atoms. The molecule has 0 aliphatic heterocycles. The smallest absolute Gasteiger partial charge is 0.253 e. The van der Waals surface area contributed by atoms with Gasteiger partial charge in [0.2, 0.25) is 5.13 Å². The lowest BCUT2D eigenvalue weighted by molar-refractivity contribution is 0.600. The molecular formula is C11H10N4O2S2. The lowest BCUT2D eigenvalue weighted by Crippen LogP contribution is -2.14. The van der Waals surface area contributed by atoms with Gasteiger partial charge >= 0.3 is 0 Å². The van der Waals surface area contributed by atoms with Crippen molar-refractivity contribution < 1.29 is 8.42 Å². The lowest BCUT2D eigenvalue weighted by atomic mass is 10.2. The number of sulfonamides is 1. The van der Waals surface area contributed by atoms with Crippen molar-refractivity contribution in [1.82, 2.24) is 10.2 Å². The number of anilines is 1. The van der Waals surface area contributed by atoms with Gasteiger partial charge in [-0.2, -0.15) is 5.26 Å². The summed E-state index contributed by atoms with van der Waals surface area (Å²) in [6.45, 7) is 3.40. The van der Waals surface area contributed by atoms with Crippen molar-refractivity contribution in [3.05, 3.63) is 34.3 Å². The molecule has 0 bridgehead atoms. The number of nitrogens with one attached hydrogen (secondary N) is 1. The third kappa shape index (κ3) is 2.89. The summed E-state index contributed by atoms with van der Waals surface area (Å²) in [6, 6.07) is 6.42. The summed E-state index contributed by atoms with van der Waals surface area (Å²) in [5.41, 5.74) is 0.854. The van der Waals surface area contributed by atoms with Gasteiger partial charge in [-0.25, -0.2) is 8.42 Å². The van der Waals surface area contributed by atoms with Gasteiger partial charge in [0.05, 0.1) is 16.5 Å². The molecule has 0 amide bonds. The van der Waals surface area contributed by atoms with Crippen LogP contribution in [0.3, 0.4) is 0 Å². The predicted molar refractivity (Wildman–Crippen MR) is 71.3 cm³/mol. The highest BCUT2D eigenvalue weighted by molar-refractivity contribution is 7.93. The Morgan fingerprint density at radius 2 is 2.05 bits per heavy atom. The van der Waals surface area contributed by atoms with Crippen LogP contribution in [0, 0.1) is 25.2 Å². The van der Waals surface area contributed by atoms with Crippen LogP contribution in [-0.4, -0.2) is 18.6 Å².